The van der Waals surface area contributed by atoms with E-state index < -0.39 is 47.5 Å². The topological polar surface area (TPSA) is 94.1 Å². The maximum Gasteiger partial charge on any atom is 0.586 e. The Kier molecular flexibility index (Phi) is 5.72. The zero-order valence-electron chi connectivity index (χ0n) is 20.4. The molecule has 0 bridgehead atoms. The highest BCUT2D eigenvalue weighted by Gasteiger charge is 2.53. The molecule has 1 fully saturated rings. The largest absolute Gasteiger partial charge is 0.586 e. The number of aromatic carboxylic acids is 1. The van der Waals surface area contributed by atoms with E-state index >= 15 is 0 Å². The molecule has 3 aromatic carbocycles. The number of alkyl halides is 5. The Morgan fingerprint density at radius 1 is 0.925 bits per heavy atom. The lowest BCUT2D eigenvalue weighted by molar-refractivity contribution is -0.286. The van der Waals surface area contributed by atoms with Crippen LogP contribution in [0.25, 0.3) is 0 Å². The second-order valence-electron chi connectivity index (χ2n) is 9.96. The van der Waals surface area contributed by atoms with Crippen molar-refractivity contribution in [2.24, 2.45) is 0 Å². The fraction of sp³-hybridized carbons (Fsp3) is 0.286. The molecular formula is C28H20F5NO6. The van der Waals surface area contributed by atoms with E-state index in [0.29, 0.717) is 29.5 Å². The van der Waals surface area contributed by atoms with Crippen LogP contribution < -0.4 is 19.5 Å². The van der Waals surface area contributed by atoms with Crippen LogP contribution >= 0.6 is 0 Å². The maximum atomic E-state index is 13.6. The normalized spacial score (nSPS) is 21.6. The van der Waals surface area contributed by atoms with E-state index in [9.17, 15) is 36.6 Å². The van der Waals surface area contributed by atoms with Crippen LogP contribution in [0, 0.1) is 0 Å². The maximum absolute atomic E-state index is 13.6. The number of rotatable bonds is 5. The highest BCUT2D eigenvalue weighted by molar-refractivity contribution is 5.92. The van der Waals surface area contributed by atoms with Gasteiger partial charge in [-0.3, -0.25) is 4.79 Å². The molecule has 2 heterocycles. The minimum absolute atomic E-state index is 0.0261. The molecule has 0 saturated heterocycles. The predicted octanol–water partition coefficient (Wildman–Crippen LogP) is 6.14. The summed E-state index contributed by atoms with van der Waals surface area (Å²) in [5, 5.41) is 12.3. The van der Waals surface area contributed by atoms with Crippen LogP contribution in [0.3, 0.4) is 0 Å². The highest BCUT2D eigenvalue weighted by atomic mass is 19.4. The number of nitrogens with one attached hydrogen (secondary N) is 1. The summed E-state index contributed by atoms with van der Waals surface area (Å²) in [6.45, 7) is 0. The Balaban J connectivity index is 1.32. The summed E-state index contributed by atoms with van der Waals surface area (Å²) in [6.07, 6.45) is -8.36. The Labute approximate surface area is 223 Å². The summed E-state index contributed by atoms with van der Waals surface area (Å²) in [6, 6.07) is 12.2. The number of amides is 1. The van der Waals surface area contributed by atoms with Crippen molar-refractivity contribution in [3.8, 4) is 17.2 Å². The van der Waals surface area contributed by atoms with E-state index in [-0.39, 0.29) is 29.2 Å². The van der Waals surface area contributed by atoms with Crippen LogP contribution in [0.2, 0.25) is 0 Å². The molecule has 7 nitrogen and oxygen atoms in total. The number of carboxylic acid groups (broad SMARTS) is 1. The Morgan fingerprint density at radius 2 is 1.68 bits per heavy atom. The number of fused-ring (bicyclic) bond motifs is 2. The Bertz CT molecular complexity index is 1530. The van der Waals surface area contributed by atoms with Gasteiger partial charge in [-0.1, -0.05) is 24.3 Å². The van der Waals surface area contributed by atoms with Crippen LogP contribution in [-0.2, 0) is 16.4 Å². The minimum atomic E-state index is -4.64. The smallest absolute Gasteiger partial charge is 0.485 e. The molecule has 0 unspecified atom stereocenters. The van der Waals surface area contributed by atoms with Gasteiger partial charge in [0, 0.05) is 12.0 Å². The number of carboxylic acids is 1. The number of hydrogen-bond acceptors (Lipinski definition) is 5. The first kappa shape index (κ1) is 25.9. The third-order valence-electron chi connectivity index (χ3n) is 7.38. The second-order valence-corrected chi connectivity index (χ2v) is 9.96. The molecule has 2 aliphatic heterocycles. The van der Waals surface area contributed by atoms with Crippen LogP contribution in [0.15, 0.2) is 60.7 Å². The van der Waals surface area contributed by atoms with E-state index in [1.807, 2.05) is 0 Å². The Hall–Kier alpha value is -4.35. The van der Waals surface area contributed by atoms with Gasteiger partial charge in [-0.2, -0.15) is 13.2 Å². The molecule has 6 rings (SSSR count). The third-order valence-corrected chi connectivity index (χ3v) is 7.38. The molecule has 12 heteroatoms. The zero-order chi connectivity index (χ0) is 28.4. The van der Waals surface area contributed by atoms with Crippen molar-refractivity contribution in [3.05, 3.63) is 88.5 Å². The monoisotopic (exact) mass is 561 g/mol. The average Bonchev–Trinajstić information content (AvgIpc) is 3.64. The summed E-state index contributed by atoms with van der Waals surface area (Å²) < 4.78 is 82.3. The summed E-state index contributed by atoms with van der Waals surface area (Å²) in [5.41, 5.74) is -0.822. The molecule has 1 aliphatic carbocycles. The molecule has 2 atom stereocenters. The van der Waals surface area contributed by atoms with Gasteiger partial charge in [-0.25, -0.2) is 4.79 Å². The van der Waals surface area contributed by atoms with Crippen LogP contribution in [-0.4, -0.2) is 23.3 Å². The van der Waals surface area contributed by atoms with Gasteiger partial charge >= 0.3 is 18.4 Å². The fourth-order valence-electron chi connectivity index (χ4n) is 5.17. The lowest BCUT2D eigenvalue weighted by atomic mass is 9.89. The number of ether oxygens (including phenoxy) is 3. The van der Waals surface area contributed by atoms with Gasteiger partial charge in [-0.15, -0.1) is 8.78 Å². The minimum Gasteiger partial charge on any atom is -0.485 e. The quantitative estimate of drug-likeness (QED) is 0.364. The molecule has 208 valence electrons. The van der Waals surface area contributed by atoms with Crippen LogP contribution in [0.4, 0.5) is 22.0 Å². The van der Waals surface area contributed by atoms with Crippen molar-refractivity contribution >= 4 is 11.9 Å². The molecule has 3 aliphatic rings. The van der Waals surface area contributed by atoms with Gasteiger partial charge in [0.25, 0.3) is 0 Å². The molecule has 3 aromatic rings. The molecule has 0 aromatic heterocycles. The molecule has 1 amide bonds. The fourth-order valence-corrected chi connectivity index (χ4v) is 5.17. The van der Waals surface area contributed by atoms with E-state index in [1.54, 1.807) is 6.07 Å². The molecule has 2 N–H and O–H groups in total. The third kappa shape index (κ3) is 4.56. The van der Waals surface area contributed by atoms with E-state index in [0.717, 1.165) is 12.1 Å². The van der Waals surface area contributed by atoms with Crippen molar-refractivity contribution in [3.63, 3.8) is 0 Å². The number of carbonyl (C=O) groups is 2. The standard InChI is InChI=1S/C28H20F5NO6/c29-27(30,31)17-4-6-18-19(13-21(38-22(18)12-17)14-2-1-3-15(10-14)24(35)36)34-25(37)26(8-9-26)16-5-7-20-23(11-16)40-28(32,33)39-20/h1-7,10-12,19,21H,8-9,13H2,(H,34,37)(H,35,36)/t19-,21-/m1/s1. The molecule has 0 radical (unpaired) electrons. The lowest BCUT2D eigenvalue weighted by Crippen LogP contribution is -2.39. The van der Waals surface area contributed by atoms with Crippen molar-refractivity contribution in [2.75, 3.05) is 0 Å². The van der Waals surface area contributed by atoms with Crippen molar-refractivity contribution < 1.29 is 50.9 Å². The first-order valence-corrected chi connectivity index (χ1v) is 12.3. The van der Waals surface area contributed by atoms with Crippen LogP contribution in [0.5, 0.6) is 17.2 Å². The van der Waals surface area contributed by atoms with E-state index in [2.05, 4.69) is 14.8 Å². The Morgan fingerprint density at radius 3 is 2.38 bits per heavy atom. The SMILES string of the molecule is O=C(O)c1cccc([C@H]2C[C@@H](NC(=O)C3(c4ccc5c(c4)OC(F)(F)O5)CC3)c3ccc(C(F)(F)F)cc3O2)c1. The second kappa shape index (κ2) is 8.83. The highest BCUT2D eigenvalue weighted by Crippen LogP contribution is 2.53. The zero-order valence-corrected chi connectivity index (χ0v) is 20.4. The lowest BCUT2D eigenvalue weighted by Gasteiger charge is -2.34. The van der Waals surface area contributed by atoms with Crippen molar-refractivity contribution in [2.45, 2.75) is 49.3 Å². The van der Waals surface area contributed by atoms with E-state index in [4.69, 9.17) is 4.74 Å². The van der Waals surface area contributed by atoms with Gasteiger partial charge in [0.15, 0.2) is 11.5 Å². The predicted molar refractivity (Wildman–Crippen MR) is 127 cm³/mol. The van der Waals surface area contributed by atoms with Gasteiger partial charge < -0.3 is 24.6 Å². The molecular weight excluding hydrogens is 541 g/mol. The number of carbonyl (C=O) groups excluding carboxylic acids is 1. The van der Waals surface area contributed by atoms with E-state index in [1.165, 1.54) is 42.5 Å². The number of halogens is 5. The number of hydrogen-bond donors (Lipinski definition) is 2. The van der Waals surface area contributed by atoms with Gasteiger partial charge in [0.1, 0.15) is 11.9 Å². The first-order valence-electron chi connectivity index (χ1n) is 12.3. The molecule has 1 saturated carbocycles. The summed E-state index contributed by atoms with van der Waals surface area (Å²) in [4.78, 5) is 25.1. The van der Waals surface area contributed by atoms with Crippen molar-refractivity contribution in [1.29, 1.82) is 0 Å². The summed E-state index contributed by atoms with van der Waals surface area (Å²) >= 11 is 0. The van der Waals surface area contributed by atoms with Gasteiger partial charge in [-0.05, 0) is 60.4 Å². The summed E-state index contributed by atoms with van der Waals surface area (Å²) in [5.74, 6) is -2.06. The van der Waals surface area contributed by atoms with Gasteiger partial charge in [0.05, 0.1) is 22.6 Å². The first-order chi connectivity index (χ1) is 18.8. The van der Waals surface area contributed by atoms with Crippen molar-refractivity contribution in [1.82, 2.24) is 5.32 Å². The molecule has 40 heavy (non-hydrogen) atoms. The number of benzene rings is 3. The van der Waals surface area contributed by atoms with Crippen LogP contribution in [0.1, 0.15) is 64.0 Å². The molecule has 0 spiro atoms. The average molecular weight is 561 g/mol. The summed E-state index contributed by atoms with van der Waals surface area (Å²) in [7, 11) is 0. The van der Waals surface area contributed by atoms with Gasteiger partial charge in [0.2, 0.25) is 5.91 Å².